The van der Waals surface area contributed by atoms with E-state index in [1.54, 1.807) is 18.2 Å². The van der Waals surface area contributed by atoms with Crippen molar-refractivity contribution >= 4 is 11.9 Å². The van der Waals surface area contributed by atoms with Gasteiger partial charge in [0.15, 0.2) is 17.3 Å². The summed E-state index contributed by atoms with van der Waals surface area (Å²) in [7, 11) is 0. The zero-order valence-corrected chi connectivity index (χ0v) is 23.4. The molecule has 0 saturated heterocycles. The highest BCUT2D eigenvalue weighted by Gasteiger charge is 2.24. The van der Waals surface area contributed by atoms with Gasteiger partial charge in [-0.1, -0.05) is 0 Å². The van der Waals surface area contributed by atoms with E-state index in [9.17, 15) is 4.79 Å². The van der Waals surface area contributed by atoms with Gasteiger partial charge in [-0.15, -0.1) is 0 Å². The van der Waals surface area contributed by atoms with E-state index in [-0.39, 0.29) is 36.3 Å². The molecule has 0 atom stereocenters. The number of ketones is 1. The molecule has 0 radical (unpaired) electrons. The Morgan fingerprint density at radius 2 is 1.08 bits per heavy atom. The van der Waals surface area contributed by atoms with E-state index in [0.29, 0.717) is 34.3 Å². The van der Waals surface area contributed by atoms with E-state index in [1.165, 1.54) is 6.08 Å². The van der Waals surface area contributed by atoms with Crippen LogP contribution in [0, 0.1) is 0 Å². The molecule has 0 heterocycles. The summed E-state index contributed by atoms with van der Waals surface area (Å²) >= 11 is 0. The SMILES string of the molecule is CC(C)Oc1ccc(OC(C)C)c(C=CC(=O)c2c(OC(C)C)ccc(OC(C)C)c2OC(C)C)c1. The van der Waals surface area contributed by atoms with Gasteiger partial charge in [-0.05, 0) is 112 Å². The normalized spacial score (nSPS) is 11.8. The molecule has 0 fully saturated rings. The van der Waals surface area contributed by atoms with Crippen LogP contribution in [0.5, 0.6) is 28.7 Å². The van der Waals surface area contributed by atoms with Gasteiger partial charge in [0.2, 0.25) is 0 Å². The summed E-state index contributed by atoms with van der Waals surface area (Å²) in [5.74, 6) is 2.43. The third-order valence-electron chi connectivity index (χ3n) is 4.54. The van der Waals surface area contributed by atoms with Gasteiger partial charge in [0.05, 0.1) is 30.5 Å². The molecule has 6 nitrogen and oxygen atoms in total. The van der Waals surface area contributed by atoms with Gasteiger partial charge < -0.3 is 23.7 Å². The second-order valence-electron chi connectivity index (χ2n) is 10.00. The van der Waals surface area contributed by atoms with Crippen molar-refractivity contribution in [1.82, 2.24) is 0 Å². The average molecular weight is 499 g/mol. The highest BCUT2D eigenvalue weighted by Crippen LogP contribution is 2.40. The molecule has 0 bridgehead atoms. The fourth-order valence-corrected chi connectivity index (χ4v) is 3.44. The molecule has 6 heteroatoms. The molecule has 0 aromatic heterocycles. The second kappa shape index (κ2) is 13.2. The van der Waals surface area contributed by atoms with Gasteiger partial charge in [-0.3, -0.25) is 4.79 Å². The van der Waals surface area contributed by atoms with Crippen LogP contribution in [-0.2, 0) is 0 Å². The fraction of sp³-hybridized carbons (Fsp3) is 0.500. The summed E-state index contributed by atoms with van der Waals surface area (Å²) in [5, 5.41) is 0. The summed E-state index contributed by atoms with van der Waals surface area (Å²) in [5.41, 5.74) is 1.06. The molecular formula is C30H42O6. The maximum absolute atomic E-state index is 13.7. The number of allylic oxidation sites excluding steroid dienone is 1. The van der Waals surface area contributed by atoms with E-state index in [4.69, 9.17) is 23.7 Å². The molecule has 198 valence electrons. The lowest BCUT2D eigenvalue weighted by molar-refractivity contribution is 0.103. The Morgan fingerprint density at radius 1 is 0.611 bits per heavy atom. The Bertz CT molecular complexity index is 1030. The lowest BCUT2D eigenvalue weighted by atomic mass is 10.0. The fourth-order valence-electron chi connectivity index (χ4n) is 3.44. The van der Waals surface area contributed by atoms with Crippen LogP contribution < -0.4 is 23.7 Å². The molecule has 2 rings (SSSR count). The summed E-state index contributed by atoms with van der Waals surface area (Å²) in [6.45, 7) is 19.4. The quantitative estimate of drug-likeness (QED) is 0.210. The maximum atomic E-state index is 13.7. The van der Waals surface area contributed by atoms with Crippen molar-refractivity contribution in [3.05, 3.63) is 47.5 Å². The second-order valence-corrected chi connectivity index (χ2v) is 10.00. The highest BCUT2D eigenvalue weighted by atomic mass is 16.5. The van der Waals surface area contributed by atoms with Crippen LogP contribution in [0.2, 0.25) is 0 Å². The van der Waals surface area contributed by atoms with Crippen molar-refractivity contribution in [3.63, 3.8) is 0 Å². The Hall–Kier alpha value is -3.15. The van der Waals surface area contributed by atoms with Crippen LogP contribution in [0.1, 0.15) is 85.2 Å². The van der Waals surface area contributed by atoms with E-state index >= 15 is 0 Å². The minimum atomic E-state index is -0.263. The predicted molar refractivity (Wildman–Crippen MR) is 145 cm³/mol. The van der Waals surface area contributed by atoms with E-state index in [1.807, 2.05) is 87.4 Å². The summed E-state index contributed by atoms with van der Waals surface area (Å²) in [4.78, 5) is 13.7. The third kappa shape index (κ3) is 8.81. The number of carbonyl (C=O) groups excluding carboxylic acids is 1. The zero-order valence-electron chi connectivity index (χ0n) is 23.4. The van der Waals surface area contributed by atoms with Crippen molar-refractivity contribution in [2.45, 2.75) is 99.8 Å². The van der Waals surface area contributed by atoms with Crippen LogP contribution in [0.4, 0.5) is 0 Å². The Kier molecular flexibility index (Phi) is 10.7. The van der Waals surface area contributed by atoms with E-state index in [0.717, 1.165) is 5.56 Å². The molecule has 0 amide bonds. The minimum absolute atomic E-state index is 0.0216. The van der Waals surface area contributed by atoms with Crippen LogP contribution in [0.25, 0.3) is 6.08 Å². The molecule has 0 saturated carbocycles. The van der Waals surface area contributed by atoms with Gasteiger partial charge in [0.25, 0.3) is 0 Å². The van der Waals surface area contributed by atoms with E-state index in [2.05, 4.69) is 0 Å². The van der Waals surface area contributed by atoms with Crippen LogP contribution in [-0.4, -0.2) is 36.3 Å². The van der Waals surface area contributed by atoms with Crippen molar-refractivity contribution in [3.8, 4) is 28.7 Å². The van der Waals surface area contributed by atoms with Gasteiger partial charge in [0, 0.05) is 5.56 Å². The maximum Gasteiger partial charge on any atom is 0.193 e. The number of benzene rings is 2. The average Bonchev–Trinajstić information content (AvgIpc) is 2.73. The third-order valence-corrected chi connectivity index (χ3v) is 4.54. The first-order valence-corrected chi connectivity index (χ1v) is 12.7. The van der Waals surface area contributed by atoms with Crippen molar-refractivity contribution in [2.24, 2.45) is 0 Å². The molecular weight excluding hydrogens is 456 g/mol. The number of carbonyl (C=O) groups is 1. The minimum Gasteiger partial charge on any atom is -0.491 e. The highest BCUT2D eigenvalue weighted by molar-refractivity contribution is 6.11. The lowest BCUT2D eigenvalue weighted by Crippen LogP contribution is -2.16. The summed E-state index contributed by atoms with van der Waals surface area (Å²) in [6.07, 6.45) is 2.87. The predicted octanol–water partition coefficient (Wildman–Crippen LogP) is 7.52. The Balaban J connectivity index is 2.60. The van der Waals surface area contributed by atoms with Gasteiger partial charge in [0.1, 0.15) is 22.8 Å². The van der Waals surface area contributed by atoms with Gasteiger partial charge >= 0.3 is 0 Å². The van der Waals surface area contributed by atoms with Crippen LogP contribution >= 0.6 is 0 Å². The molecule has 2 aromatic rings. The zero-order chi connectivity index (χ0) is 27.0. The summed E-state index contributed by atoms with van der Waals surface area (Å²) < 4.78 is 29.9. The monoisotopic (exact) mass is 498 g/mol. The number of rotatable bonds is 13. The molecule has 0 unspecified atom stereocenters. The number of hydrogen-bond donors (Lipinski definition) is 0. The largest absolute Gasteiger partial charge is 0.491 e. The van der Waals surface area contributed by atoms with Crippen molar-refractivity contribution in [1.29, 1.82) is 0 Å². The number of ether oxygens (including phenoxy) is 5. The molecule has 0 aliphatic heterocycles. The van der Waals surface area contributed by atoms with Crippen molar-refractivity contribution in [2.75, 3.05) is 0 Å². The lowest BCUT2D eigenvalue weighted by Gasteiger charge is -2.22. The van der Waals surface area contributed by atoms with E-state index < -0.39 is 0 Å². The smallest absolute Gasteiger partial charge is 0.193 e. The Labute approximate surface area is 216 Å². The molecule has 36 heavy (non-hydrogen) atoms. The van der Waals surface area contributed by atoms with Crippen LogP contribution in [0.15, 0.2) is 36.4 Å². The molecule has 0 spiro atoms. The van der Waals surface area contributed by atoms with Gasteiger partial charge in [-0.25, -0.2) is 0 Å². The Morgan fingerprint density at radius 3 is 1.64 bits per heavy atom. The first kappa shape index (κ1) is 29.1. The van der Waals surface area contributed by atoms with Gasteiger partial charge in [-0.2, -0.15) is 0 Å². The standard InChI is InChI=1S/C30H42O6/c1-18(2)32-24-12-14-26(33-19(3)4)23(17-24)11-13-25(31)29-27(34-20(5)6)15-16-28(35-21(7)8)30(29)36-22(9)10/h11-22H,1-10H3. The number of hydrogen-bond acceptors (Lipinski definition) is 6. The molecule has 0 N–H and O–H groups in total. The molecule has 2 aromatic carbocycles. The first-order valence-electron chi connectivity index (χ1n) is 12.7. The molecule has 0 aliphatic carbocycles. The summed E-state index contributed by atoms with van der Waals surface area (Å²) in [6, 6.07) is 9.15. The van der Waals surface area contributed by atoms with Crippen LogP contribution in [0.3, 0.4) is 0 Å². The molecule has 0 aliphatic rings. The topological polar surface area (TPSA) is 63.2 Å². The first-order chi connectivity index (χ1) is 16.9. The van der Waals surface area contributed by atoms with Crippen molar-refractivity contribution < 1.29 is 28.5 Å².